The van der Waals surface area contributed by atoms with E-state index in [1.54, 1.807) is 12.3 Å². The zero-order valence-electron chi connectivity index (χ0n) is 16.6. The maximum absolute atomic E-state index is 13.0. The summed E-state index contributed by atoms with van der Waals surface area (Å²) in [6.07, 6.45) is 4.13. The summed E-state index contributed by atoms with van der Waals surface area (Å²) in [5.74, 6) is -1.15. The number of nitrogens with one attached hydrogen (secondary N) is 1. The van der Waals surface area contributed by atoms with Crippen LogP contribution in [-0.2, 0) is 14.8 Å². The molecular weight excluding hydrogens is 440 g/mol. The summed E-state index contributed by atoms with van der Waals surface area (Å²) >= 11 is 6.14. The highest BCUT2D eigenvalue weighted by Gasteiger charge is 2.29. The molecule has 2 heterocycles. The highest BCUT2D eigenvalue weighted by Crippen LogP contribution is 2.28. The molecule has 4 rings (SSSR count). The molecule has 1 aliphatic rings. The molecule has 0 bridgehead atoms. The minimum atomic E-state index is -3.82. The van der Waals surface area contributed by atoms with Crippen LogP contribution in [0.4, 0.5) is 0 Å². The SMILES string of the molecule is O=C(OCC(=O)c1c[nH]c2ccccc12)c1ccc(Cl)c(S(=O)(=O)N2CCCCC2)c1. The zero-order chi connectivity index (χ0) is 22.0. The van der Waals surface area contributed by atoms with E-state index >= 15 is 0 Å². The van der Waals surface area contributed by atoms with Crippen LogP contribution in [0.15, 0.2) is 53.6 Å². The third-order valence-electron chi connectivity index (χ3n) is 5.32. The van der Waals surface area contributed by atoms with Gasteiger partial charge in [0.2, 0.25) is 15.8 Å². The molecule has 3 aromatic rings. The van der Waals surface area contributed by atoms with Gasteiger partial charge in [-0.3, -0.25) is 4.79 Å². The van der Waals surface area contributed by atoms with Crippen LogP contribution in [0.3, 0.4) is 0 Å². The van der Waals surface area contributed by atoms with E-state index in [1.165, 1.54) is 22.5 Å². The number of hydrogen-bond donors (Lipinski definition) is 1. The smallest absolute Gasteiger partial charge is 0.338 e. The van der Waals surface area contributed by atoms with Crippen LogP contribution < -0.4 is 0 Å². The number of rotatable bonds is 6. The molecule has 0 unspecified atom stereocenters. The summed E-state index contributed by atoms with van der Waals surface area (Å²) in [5, 5.41) is 0.780. The number of carbonyl (C=O) groups is 2. The molecule has 1 fully saturated rings. The number of benzene rings is 2. The summed E-state index contributed by atoms with van der Waals surface area (Å²) in [4.78, 5) is 27.9. The van der Waals surface area contributed by atoms with Crippen molar-refractivity contribution in [2.75, 3.05) is 19.7 Å². The summed E-state index contributed by atoms with van der Waals surface area (Å²) in [6, 6.07) is 11.3. The van der Waals surface area contributed by atoms with Gasteiger partial charge in [-0.2, -0.15) is 4.31 Å². The van der Waals surface area contributed by atoms with Gasteiger partial charge in [0.05, 0.1) is 10.6 Å². The second-order valence-corrected chi connectivity index (χ2v) is 9.67. The average molecular weight is 461 g/mol. The molecule has 1 N–H and O–H groups in total. The zero-order valence-corrected chi connectivity index (χ0v) is 18.2. The van der Waals surface area contributed by atoms with Gasteiger partial charge in [0, 0.05) is 35.8 Å². The Balaban J connectivity index is 1.50. The van der Waals surface area contributed by atoms with E-state index < -0.39 is 22.6 Å². The molecule has 31 heavy (non-hydrogen) atoms. The number of Topliss-reactive ketones (excluding diaryl/α,β-unsaturated/α-hetero) is 1. The molecule has 0 atom stereocenters. The molecule has 1 aromatic heterocycles. The molecule has 0 aliphatic carbocycles. The maximum Gasteiger partial charge on any atom is 0.338 e. The molecule has 9 heteroatoms. The largest absolute Gasteiger partial charge is 0.454 e. The number of esters is 1. The van der Waals surface area contributed by atoms with Crippen molar-refractivity contribution in [3.63, 3.8) is 0 Å². The summed E-state index contributed by atoms with van der Waals surface area (Å²) < 4.78 is 32.5. The number of carbonyl (C=O) groups excluding carboxylic acids is 2. The first kappa shape index (κ1) is 21.5. The first-order valence-corrected chi connectivity index (χ1v) is 11.8. The third-order valence-corrected chi connectivity index (χ3v) is 7.70. The molecule has 1 aliphatic heterocycles. The Bertz CT molecular complexity index is 1250. The quantitative estimate of drug-likeness (QED) is 0.442. The number of fused-ring (bicyclic) bond motifs is 1. The van der Waals surface area contributed by atoms with Crippen LogP contribution in [0.1, 0.15) is 40.0 Å². The van der Waals surface area contributed by atoms with Gasteiger partial charge < -0.3 is 9.72 Å². The van der Waals surface area contributed by atoms with Gasteiger partial charge in [0.1, 0.15) is 4.90 Å². The number of H-pyrrole nitrogens is 1. The Kier molecular flexibility index (Phi) is 6.13. The number of ketones is 1. The maximum atomic E-state index is 13.0. The summed E-state index contributed by atoms with van der Waals surface area (Å²) in [6.45, 7) is 0.385. The van der Waals surface area contributed by atoms with Crippen molar-refractivity contribution in [3.8, 4) is 0 Å². The predicted molar refractivity (Wildman–Crippen MR) is 117 cm³/mol. The first-order chi connectivity index (χ1) is 14.9. The fraction of sp³-hybridized carbons (Fsp3) is 0.273. The monoisotopic (exact) mass is 460 g/mol. The van der Waals surface area contributed by atoms with Crippen LogP contribution in [0, 0.1) is 0 Å². The Morgan fingerprint density at radius 2 is 1.81 bits per heavy atom. The van der Waals surface area contributed by atoms with Gasteiger partial charge in [0.15, 0.2) is 6.61 Å². The molecule has 7 nitrogen and oxygen atoms in total. The lowest BCUT2D eigenvalue weighted by atomic mass is 10.1. The van der Waals surface area contributed by atoms with E-state index in [0.29, 0.717) is 18.7 Å². The highest BCUT2D eigenvalue weighted by atomic mass is 35.5. The Morgan fingerprint density at radius 1 is 1.06 bits per heavy atom. The minimum absolute atomic E-state index is 0.0201. The van der Waals surface area contributed by atoms with Crippen LogP contribution in [0.5, 0.6) is 0 Å². The molecular formula is C22H21ClN2O5S. The first-order valence-electron chi connectivity index (χ1n) is 9.94. The molecule has 2 aromatic carbocycles. The predicted octanol–water partition coefficient (Wildman–Crippen LogP) is 4.04. The number of ether oxygens (including phenoxy) is 1. The lowest BCUT2D eigenvalue weighted by Gasteiger charge is -2.26. The molecule has 1 saturated heterocycles. The highest BCUT2D eigenvalue weighted by molar-refractivity contribution is 7.89. The van der Waals surface area contributed by atoms with Crippen molar-refractivity contribution in [3.05, 3.63) is 64.8 Å². The van der Waals surface area contributed by atoms with Gasteiger partial charge in [-0.25, -0.2) is 13.2 Å². The Labute approximate surface area is 185 Å². The molecule has 0 radical (unpaired) electrons. The van der Waals surface area contributed by atoms with Crippen LogP contribution >= 0.6 is 11.6 Å². The molecule has 162 valence electrons. The second-order valence-electron chi connectivity index (χ2n) is 7.36. The van der Waals surface area contributed by atoms with E-state index in [0.717, 1.165) is 30.2 Å². The number of para-hydroxylation sites is 1. The van der Waals surface area contributed by atoms with Crippen molar-refractivity contribution >= 4 is 44.3 Å². The van der Waals surface area contributed by atoms with Gasteiger partial charge in [0.25, 0.3) is 0 Å². The summed E-state index contributed by atoms with van der Waals surface area (Å²) in [5.41, 5.74) is 1.25. The van der Waals surface area contributed by atoms with Crippen molar-refractivity contribution in [2.45, 2.75) is 24.2 Å². The number of nitrogens with zero attached hydrogens (tertiary/aromatic N) is 1. The minimum Gasteiger partial charge on any atom is -0.454 e. The van der Waals surface area contributed by atoms with E-state index in [2.05, 4.69) is 4.98 Å². The normalized spacial score (nSPS) is 15.1. The lowest BCUT2D eigenvalue weighted by Crippen LogP contribution is -2.35. The van der Waals surface area contributed by atoms with E-state index in [-0.39, 0.29) is 21.3 Å². The number of halogens is 1. The number of aromatic nitrogens is 1. The van der Waals surface area contributed by atoms with Crippen LogP contribution in [0.25, 0.3) is 10.9 Å². The Morgan fingerprint density at radius 3 is 2.58 bits per heavy atom. The summed E-state index contributed by atoms with van der Waals surface area (Å²) in [7, 11) is -3.82. The second kappa shape index (κ2) is 8.82. The van der Waals surface area contributed by atoms with Crippen molar-refractivity contribution in [1.82, 2.24) is 9.29 Å². The average Bonchev–Trinajstić information content (AvgIpc) is 3.22. The third kappa shape index (κ3) is 4.37. The fourth-order valence-electron chi connectivity index (χ4n) is 3.67. The number of hydrogen-bond acceptors (Lipinski definition) is 5. The number of piperidine rings is 1. The van der Waals surface area contributed by atoms with Crippen LogP contribution in [-0.4, -0.2) is 49.2 Å². The Hall–Kier alpha value is -2.68. The lowest BCUT2D eigenvalue weighted by molar-refractivity contribution is 0.0475. The fourth-order valence-corrected chi connectivity index (χ4v) is 5.68. The van der Waals surface area contributed by atoms with Gasteiger partial charge in [-0.05, 0) is 37.1 Å². The van der Waals surface area contributed by atoms with Crippen molar-refractivity contribution < 1.29 is 22.7 Å². The van der Waals surface area contributed by atoms with E-state index in [4.69, 9.17) is 16.3 Å². The van der Waals surface area contributed by atoms with Gasteiger partial charge in [-0.1, -0.05) is 36.2 Å². The van der Waals surface area contributed by atoms with Crippen LogP contribution in [0.2, 0.25) is 5.02 Å². The number of sulfonamides is 1. The molecule has 0 spiro atoms. The molecule has 0 amide bonds. The standard InChI is InChI=1S/C22H21ClN2O5S/c23-18-9-8-15(12-21(18)31(28,29)25-10-4-1-5-11-25)22(27)30-14-20(26)17-13-24-19-7-3-2-6-16(17)19/h2-3,6-9,12-13,24H,1,4-5,10-11,14H2. The topological polar surface area (TPSA) is 96.5 Å². The van der Waals surface area contributed by atoms with Gasteiger partial charge >= 0.3 is 5.97 Å². The van der Waals surface area contributed by atoms with Crippen molar-refractivity contribution in [1.29, 1.82) is 0 Å². The van der Waals surface area contributed by atoms with E-state index in [9.17, 15) is 18.0 Å². The van der Waals surface area contributed by atoms with Crippen molar-refractivity contribution in [2.24, 2.45) is 0 Å². The number of aromatic amines is 1. The van der Waals surface area contributed by atoms with E-state index in [1.807, 2.05) is 18.2 Å². The van der Waals surface area contributed by atoms with Gasteiger partial charge in [-0.15, -0.1) is 0 Å². The molecule has 0 saturated carbocycles.